The van der Waals surface area contributed by atoms with Crippen LogP contribution in [-0.4, -0.2) is 5.11 Å². The quantitative estimate of drug-likeness (QED) is 0.885. The molecule has 0 aliphatic rings. The summed E-state index contributed by atoms with van der Waals surface area (Å²) in [5, 5.41) is 21.4. The van der Waals surface area contributed by atoms with Crippen LogP contribution >= 0.6 is 0 Å². The van der Waals surface area contributed by atoms with Gasteiger partial charge in [-0.05, 0) is 30.7 Å². The summed E-state index contributed by atoms with van der Waals surface area (Å²) in [6.45, 7) is 2.12. The molecule has 0 heterocycles. The number of halogens is 1. The highest BCUT2D eigenvalue weighted by molar-refractivity contribution is 5.50. The zero-order valence-electron chi connectivity index (χ0n) is 10.4. The molecule has 0 amide bonds. The molecule has 19 heavy (non-hydrogen) atoms. The van der Waals surface area contributed by atoms with E-state index in [0.29, 0.717) is 17.8 Å². The second-order valence-electron chi connectivity index (χ2n) is 4.24. The molecule has 2 rings (SSSR count). The lowest BCUT2D eigenvalue weighted by Crippen LogP contribution is -2.02. The third-order valence-corrected chi connectivity index (χ3v) is 2.89. The highest BCUT2D eigenvalue weighted by Gasteiger charge is 2.06. The van der Waals surface area contributed by atoms with Crippen molar-refractivity contribution >= 4 is 5.69 Å². The highest BCUT2D eigenvalue weighted by Crippen LogP contribution is 2.23. The predicted octanol–water partition coefficient (Wildman–Crippen LogP) is 3.32. The van der Waals surface area contributed by atoms with E-state index in [1.165, 1.54) is 12.1 Å². The third-order valence-electron chi connectivity index (χ3n) is 2.89. The molecular formula is C15H13FN2O. The first-order valence-corrected chi connectivity index (χ1v) is 5.83. The highest BCUT2D eigenvalue weighted by atomic mass is 19.1. The maximum absolute atomic E-state index is 13.6. The predicted molar refractivity (Wildman–Crippen MR) is 71.3 cm³/mol. The Labute approximate surface area is 110 Å². The zero-order chi connectivity index (χ0) is 13.8. The molecule has 96 valence electrons. The maximum Gasteiger partial charge on any atom is 0.147 e. The summed E-state index contributed by atoms with van der Waals surface area (Å²) in [5.41, 5.74) is 2.06. The monoisotopic (exact) mass is 256 g/mol. The molecule has 2 aromatic carbocycles. The maximum atomic E-state index is 13.6. The van der Waals surface area contributed by atoms with Crippen LogP contribution in [0.5, 0.6) is 5.75 Å². The fourth-order valence-electron chi connectivity index (χ4n) is 1.78. The SMILES string of the molecule is Cc1cccc(CNc2ccc(C#N)cc2F)c1O. The molecule has 0 radical (unpaired) electrons. The van der Waals surface area contributed by atoms with E-state index >= 15 is 0 Å². The molecule has 0 saturated carbocycles. The number of phenols is 1. The van der Waals surface area contributed by atoms with Crippen molar-refractivity contribution in [2.45, 2.75) is 13.5 Å². The lowest BCUT2D eigenvalue weighted by Gasteiger charge is -2.10. The molecule has 2 aromatic rings. The first-order valence-electron chi connectivity index (χ1n) is 5.83. The van der Waals surface area contributed by atoms with Crippen molar-refractivity contribution < 1.29 is 9.50 Å². The van der Waals surface area contributed by atoms with Gasteiger partial charge in [-0.1, -0.05) is 18.2 Å². The first kappa shape index (κ1) is 12.9. The van der Waals surface area contributed by atoms with Crippen LogP contribution < -0.4 is 5.32 Å². The molecule has 0 aromatic heterocycles. The summed E-state index contributed by atoms with van der Waals surface area (Å²) in [6.07, 6.45) is 0. The molecular weight excluding hydrogens is 243 g/mol. The summed E-state index contributed by atoms with van der Waals surface area (Å²) in [6, 6.07) is 11.5. The molecule has 0 bridgehead atoms. The number of nitrogens with one attached hydrogen (secondary N) is 1. The second-order valence-corrected chi connectivity index (χ2v) is 4.24. The first-order chi connectivity index (χ1) is 9.11. The Hall–Kier alpha value is -2.54. The van der Waals surface area contributed by atoms with Crippen LogP contribution in [-0.2, 0) is 6.54 Å². The minimum Gasteiger partial charge on any atom is -0.507 e. The number of aryl methyl sites for hydroxylation is 1. The van der Waals surface area contributed by atoms with E-state index in [2.05, 4.69) is 5.32 Å². The number of nitrogens with zero attached hydrogens (tertiary/aromatic N) is 1. The number of phenolic OH excluding ortho intramolecular Hbond substituents is 1. The van der Waals surface area contributed by atoms with Gasteiger partial charge < -0.3 is 10.4 Å². The summed E-state index contributed by atoms with van der Waals surface area (Å²) in [4.78, 5) is 0. The number of rotatable bonds is 3. The number of aromatic hydroxyl groups is 1. The van der Waals surface area contributed by atoms with Gasteiger partial charge in [0.1, 0.15) is 11.6 Å². The standard InChI is InChI=1S/C15H13FN2O/c1-10-3-2-4-12(15(10)19)9-18-14-6-5-11(8-17)7-13(14)16/h2-7,18-19H,9H2,1H3. The minimum atomic E-state index is -0.480. The van der Waals surface area contributed by atoms with Crippen LogP contribution in [0.4, 0.5) is 10.1 Å². The van der Waals surface area contributed by atoms with Crippen LogP contribution in [0.1, 0.15) is 16.7 Å². The van der Waals surface area contributed by atoms with E-state index in [9.17, 15) is 9.50 Å². The Morgan fingerprint density at radius 1 is 1.32 bits per heavy atom. The van der Waals surface area contributed by atoms with E-state index in [0.717, 1.165) is 5.56 Å². The number of anilines is 1. The van der Waals surface area contributed by atoms with Gasteiger partial charge in [-0.15, -0.1) is 0 Å². The van der Waals surface area contributed by atoms with Crippen molar-refractivity contribution in [3.05, 3.63) is 58.9 Å². The Morgan fingerprint density at radius 2 is 2.11 bits per heavy atom. The summed E-state index contributed by atoms with van der Waals surface area (Å²) >= 11 is 0. The number of benzene rings is 2. The van der Waals surface area contributed by atoms with E-state index in [1.54, 1.807) is 25.1 Å². The van der Waals surface area contributed by atoms with Crippen molar-refractivity contribution in [1.29, 1.82) is 5.26 Å². The molecule has 0 fully saturated rings. The fourth-order valence-corrected chi connectivity index (χ4v) is 1.78. The van der Waals surface area contributed by atoms with Crippen LogP contribution in [0, 0.1) is 24.1 Å². The normalized spacial score (nSPS) is 9.95. The molecule has 0 aliphatic carbocycles. The Bertz CT molecular complexity index is 647. The average molecular weight is 256 g/mol. The summed E-state index contributed by atoms with van der Waals surface area (Å²) < 4.78 is 13.6. The number of hydrogen-bond acceptors (Lipinski definition) is 3. The fraction of sp³-hybridized carbons (Fsp3) is 0.133. The third kappa shape index (κ3) is 2.83. The summed E-state index contributed by atoms with van der Waals surface area (Å²) in [7, 11) is 0. The molecule has 3 nitrogen and oxygen atoms in total. The molecule has 0 spiro atoms. The van der Waals surface area contributed by atoms with Crippen molar-refractivity contribution in [3.8, 4) is 11.8 Å². The largest absolute Gasteiger partial charge is 0.507 e. The smallest absolute Gasteiger partial charge is 0.147 e. The lowest BCUT2D eigenvalue weighted by molar-refractivity contribution is 0.465. The van der Waals surface area contributed by atoms with Crippen molar-refractivity contribution in [2.75, 3.05) is 5.32 Å². The van der Waals surface area contributed by atoms with Crippen molar-refractivity contribution in [2.24, 2.45) is 0 Å². The molecule has 4 heteroatoms. The van der Waals surface area contributed by atoms with Gasteiger partial charge in [-0.3, -0.25) is 0 Å². The van der Waals surface area contributed by atoms with E-state index < -0.39 is 5.82 Å². The zero-order valence-corrected chi connectivity index (χ0v) is 10.4. The van der Waals surface area contributed by atoms with E-state index in [4.69, 9.17) is 5.26 Å². The summed E-state index contributed by atoms with van der Waals surface area (Å²) in [5.74, 6) is -0.268. The van der Waals surface area contributed by atoms with E-state index in [-0.39, 0.29) is 11.3 Å². The van der Waals surface area contributed by atoms with Crippen LogP contribution in [0.25, 0.3) is 0 Å². The van der Waals surface area contributed by atoms with Gasteiger partial charge in [0.15, 0.2) is 0 Å². The van der Waals surface area contributed by atoms with Gasteiger partial charge in [0, 0.05) is 12.1 Å². The Morgan fingerprint density at radius 3 is 2.79 bits per heavy atom. The van der Waals surface area contributed by atoms with Gasteiger partial charge in [-0.2, -0.15) is 5.26 Å². The average Bonchev–Trinajstić information content (AvgIpc) is 2.41. The second kappa shape index (κ2) is 5.40. The van der Waals surface area contributed by atoms with Crippen LogP contribution in [0.3, 0.4) is 0 Å². The van der Waals surface area contributed by atoms with Crippen molar-refractivity contribution in [3.63, 3.8) is 0 Å². The number of para-hydroxylation sites is 1. The van der Waals surface area contributed by atoms with Crippen molar-refractivity contribution in [1.82, 2.24) is 0 Å². The van der Waals surface area contributed by atoms with E-state index in [1.807, 2.05) is 12.1 Å². The van der Waals surface area contributed by atoms with Crippen LogP contribution in [0.2, 0.25) is 0 Å². The number of hydrogen-bond donors (Lipinski definition) is 2. The molecule has 0 unspecified atom stereocenters. The molecule has 0 aliphatic heterocycles. The Balaban J connectivity index is 2.15. The van der Waals surface area contributed by atoms with Gasteiger partial charge in [0.05, 0.1) is 17.3 Å². The molecule has 2 N–H and O–H groups in total. The van der Waals surface area contributed by atoms with Gasteiger partial charge >= 0.3 is 0 Å². The van der Waals surface area contributed by atoms with Crippen LogP contribution in [0.15, 0.2) is 36.4 Å². The lowest BCUT2D eigenvalue weighted by atomic mass is 10.1. The van der Waals surface area contributed by atoms with Gasteiger partial charge in [-0.25, -0.2) is 4.39 Å². The Kier molecular flexibility index (Phi) is 3.67. The molecule has 0 atom stereocenters. The van der Waals surface area contributed by atoms with Gasteiger partial charge in [0.2, 0.25) is 0 Å². The number of nitriles is 1. The minimum absolute atomic E-state index is 0.212. The van der Waals surface area contributed by atoms with Gasteiger partial charge in [0.25, 0.3) is 0 Å². The molecule has 0 saturated heterocycles. The topological polar surface area (TPSA) is 56.0 Å².